The van der Waals surface area contributed by atoms with Gasteiger partial charge < -0.3 is 19.7 Å². The van der Waals surface area contributed by atoms with E-state index in [1.165, 1.54) is 13.2 Å². The van der Waals surface area contributed by atoms with E-state index in [4.69, 9.17) is 31.9 Å². The Labute approximate surface area is 165 Å². The highest BCUT2D eigenvalue weighted by atomic mass is 79.9. The number of amides is 1. The molecule has 1 heterocycles. The molecule has 138 valence electrons. The smallest absolute Gasteiger partial charge is 0.341 e. The third kappa shape index (κ3) is 4.74. The van der Waals surface area contributed by atoms with Gasteiger partial charge in [-0.3, -0.25) is 14.5 Å². The van der Waals surface area contributed by atoms with Crippen LogP contribution >= 0.6 is 39.9 Å². The maximum atomic E-state index is 12.3. The number of ether oxygens (including phenoxy) is 2. The molecule has 11 heteroatoms. The Morgan fingerprint density at radius 3 is 2.62 bits per heavy atom. The van der Waals surface area contributed by atoms with E-state index < -0.39 is 31.0 Å². The van der Waals surface area contributed by atoms with Crippen LogP contribution in [0.4, 0.5) is 0 Å². The fourth-order valence-corrected chi connectivity index (χ4v) is 3.85. The number of aliphatic carboxylic acids is 2. The number of carboxylic acids is 2. The number of methoxy groups -OCH3 is 1. The second-order valence-corrected chi connectivity index (χ2v) is 7.41. The van der Waals surface area contributed by atoms with Gasteiger partial charge in [0, 0.05) is 0 Å². The molecule has 1 aromatic rings. The van der Waals surface area contributed by atoms with E-state index >= 15 is 0 Å². The number of hydrogen-bond donors (Lipinski definition) is 2. The summed E-state index contributed by atoms with van der Waals surface area (Å²) in [6, 6.07) is 3.18. The van der Waals surface area contributed by atoms with Crippen LogP contribution in [0.5, 0.6) is 11.5 Å². The second kappa shape index (κ2) is 8.52. The lowest BCUT2D eigenvalue weighted by Crippen LogP contribution is -2.33. The third-order valence-corrected chi connectivity index (χ3v) is 5.02. The lowest BCUT2D eigenvalue weighted by Gasteiger charge is -2.12. The van der Waals surface area contributed by atoms with Gasteiger partial charge in [-0.05, 0) is 39.7 Å². The van der Waals surface area contributed by atoms with Crippen molar-refractivity contribution in [2.24, 2.45) is 0 Å². The number of halogens is 1. The zero-order chi connectivity index (χ0) is 19.4. The second-order valence-electron chi connectivity index (χ2n) is 4.88. The molecule has 1 amide bonds. The molecule has 0 unspecified atom stereocenters. The van der Waals surface area contributed by atoms with E-state index in [9.17, 15) is 14.4 Å². The summed E-state index contributed by atoms with van der Waals surface area (Å²) >= 11 is 9.31. The van der Waals surface area contributed by atoms with Crippen LogP contribution in [0.2, 0.25) is 0 Å². The summed E-state index contributed by atoms with van der Waals surface area (Å²) in [6.07, 6.45) is 1.54. The summed E-state index contributed by atoms with van der Waals surface area (Å²) in [4.78, 5) is 35.1. The minimum Gasteiger partial charge on any atom is -0.493 e. The SMILES string of the molecule is COc1cc(/C=C2/SC(=S)N(CC(=O)O)C2=O)cc(Br)c1OCC(=O)O. The van der Waals surface area contributed by atoms with Crippen molar-refractivity contribution >= 4 is 68.2 Å². The third-order valence-electron chi connectivity index (χ3n) is 3.06. The molecule has 1 aromatic carbocycles. The number of carbonyl (C=O) groups excluding carboxylic acids is 1. The average Bonchev–Trinajstić information content (AvgIpc) is 2.80. The number of carboxylic acid groups (broad SMARTS) is 2. The topological polar surface area (TPSA) is 113 Å². The molecule has 0 aromatic heterocycles. The minimum atomic E-state index is -1.16. The Kier molecular flexibility index (Phi) is 6.62. The van der Waals surface area contributed by atoms with Crippen molar-refractivity contribution < 1.29 is 34.1 Å². The van der Waals surface area contributed by atoms with Crippen LogP contribution in [-0.4, -0.2) is 57.5 Å². The highest BCUT2D eigenvalue weighted by Gasteiger charge is 2.33. The van der Waals surface area contributed by atoms with Gasteiger partial charge in [0.15, 0.2) is 18.1 Å². The first-order valence-electron chi connectivity index (χ1n) is 6.92. The Morgan fingerprint density at radius 2 is 2.04 bits per heavy atom. The molecular weight excluding hydrogens is 450 g/mol. The van der Waals surface area contributed by atoms with Crippen LogP contribution in [0.3, 0.4) is 0 Å². The Balaban J connectivity index is 2.32. The lowest BCUT2D eigenvalue weighted by atomic mass is 10.2. The Morgan fingerprint density at radius 1 is 1.35 bits per heavy atom. The van der Waals surface area contributed by atoms with Crippen molar-refractivity contribution in [2.45, 2.75) is 0 Å². The molecule has 26 heavy (non-hydrogen) atoms. The molecule has 0 radical (unpaired) electrons. The molecule has 0 atom stereocenters. The predicted molar refractivity (Wildman–Crippen MR) is 101 cm³/mol. The van der Waals surface area contributed by atoms with Crippen molar-refractivity contribution in [1.82, 2.24) is 4.90 Å². The van der Waals surface area contributed by atoms with Crippen molar-refractivity contribution in [2.75, 3.05) is 20.3 Å². The van der Waals surface area contributed by atoms with E-state index in [0.29, 0.717) is 10.0 Å². The quantitative estimate of drug-likeness (QED) is 0.465. The van der Waals surface area contributed by atoms with E-state index in [2.05, 4.69) is 15.9 Å². The van der Waals surface area contributed by atoms with Crippen LogP contribution in [0.15, 0.2) is 21.5 Å². The number of carbonyl (C=O) groups is 3. The number of hydrogen-bond acceptors (Lipinski definition) is 7. The molecule has 2 rings (SSSR count). The largest absolute Gasteiger partial charge is 0.493 e. The molecule has 8 nitrogen and oxygen atoms in total. The zero-order valence-electron chi connectivity index (χ0n) is 13.2. The minimum absolute atomic E-state index is 0.163. The summed E-state index contributed by atoms with van der Waals surface area (Å²) in [6.45, 7) is -1.04. The molecule has 1 saturated heterocycles. The van der Waals surface area contributed by atoms with Crippen molar-refractivity contribution in [3.8, 4) is 11.5 Å². The summed E-state index contributed by atoms with van der Waals surface area (Å²) in [5, 5.41) is 17.6. The van der Waals surface area contributed by atoms with E-state index in [1.54, 1.807) is 12.1 Å². The maximum Gasteiger partial charge on any atom is 0.341 e. The fraction of sp³-hybridized carbons (Fsp3) is 0.200. The molecular formula is C15H12BrNO7S2. The predicted octanol–water partition coefficient (Wildman–Crippen LogP) is 2.21. The van der Waals surface area contributed by atoms with Crippen LogP contribution in [0.25, 0.3) is 6.08 Å². The standard InChI is InChI=1S/C15H12BrNO7S2/c1-23-9-3-7(2-8(16)13(9)24-6-12(20)21)4-10-14(22)17(5-11(18)19)15(25)26-10/h2-4H,5-6H2,1H3,(H,18,19)(H,20,21)/b10-4+. The molecule has 1 fully saturated rings. The Hall–Kier alpha value is -2.11. The summed E-state index contributed by atoms with van der Waals surface area (Å²) in [5.74, 6) is -2.31. The van der Waals surface area contributed by atoms with Crippen molar-refractivity contribution in [3.63, 3.8) is 0 Å². The zero-order valence-corrected chi connectivity index (χ0v) is 16.4. The van der Waals surface area contributed by atoms with Crippen molar-refractivity contribution in [3.05, 3.63) is 27.1 Å². The van der Waals surface area contributed by atoms with Gasteiger partial charge in [-0.1, -0.05) is 24.0 Å². The van der Waals surface area contributed by atoms with Crippen LogP contribution in [-0.2, 0) is 14.4 Å². The average molecular weight is 462 g/mol. The maximum absolute atomic E-state index is 12.3. The highest BCUT2D eigenvalue weighted by Crippen LogP contribution is 2.39. The molecule has 1 aliphatic heterocycles. The number of benzene rings is 1. The van der Waals surface area contributed by atoms with Gasteiger partial charge in [0.2, 0.25) is 0 Å². The molecule has 0 aliphatic carbocycles. The molecule has 0 spiro atoms. The van der Waals surface area contributed by atoms with Gasteiger partial charge >= 0.3 is 11.9 Å². The van der Waals surface area contributed by atoms with E-state index in [1.807, 2.05) is 0 Å². The lowest BCUT2D eigenvalue weighted by molar-refractivity contribution is -0.140. The van der Waals surface area contributed by atoms with Gasteiger partial charge in [0.1, 0.15) is 10.9 Å². The van der Waals surface area contributed by atoms with Gasteiger partial charge in [0.05, 0.1) is 16.5 Å². The van der Waals surface area contributed by atoms with Gasteiger partial charge in [-0.2, -0.15) is 0 Å². The molecule has 0 saturated carbocycles. The summed E-state index contributed by atoms with van der Waals surface area (Å²) in [5.41, 5.74) is 0.562. The molecule has 1 aliphatic rings. The monoisotopic (exact) mass is 461 g/mol. The van der Waals surface area contributed by atoms with Crippen molar-refractivity contribution in [1.29, 1.82) is 0 Å². The van der Waals surface area contributed by atoms with Crippen LogP contribution < -0.4 is 9.47 Å². The molecule has 0 bridgehead atoms. The summed E-state index contributed by atoms with van der Waals surface area (Å²) in [7, 11) is 1.39. The number of thioether (sulfide) groups is 1. The molecule has 2 N–H and O–H groups in total. The normalized spacial score (nSPS) is 15.5. The first-order chi connectivity index (χ1) is 12.2. The first kappa shape index (κ1) is 20.2. The van der Waals surface area contributed by atoms with Crippen LogP contribution in [0, 0.1) is 0 Å². The van der Waals surface area contributed by atoms with E-state index in [0.717, 1.165) is 16.7 Å². The van der Waals surface area contributed by atoms with Gasteiger partial charge in [-0.25, -0.2) is 4.79 Å². The van der Waals surface area contributed by atoms with E-state index in [-0.39, 0.29) is 20.7 Å². The number of rotatable bonds is 7. The first-order valence-corrected chi connectivity index (χ1v) is 8.94. The Bertz CT molecular complexity index is 824. The highest BCUT2D eigenvalue weighted by molar-refractivity contribution is 9.10. The summed E-state index contributed by atoms with van der Waals surface area (Å²) < 4.78 is 11.0. The fourth-order valence-electron chi connectivity index (χ4n) is 2.02. The number of nitrogens with zero attached hydrogens (tertiary/aromatic N) is 1. The number of thiocarbonyl (C=S) groups is 1. The van der Waals surface area contributed by atoms with Gasteiger partial charge in [0.25, 0.3) is 5.91 Å². The van der Waals surface area contributed by atoms with Crippen LogP contribution in [0.1, 0.15) is 5.56 Å². The van der Waals surface area contributed by atoms with Gasteiger partial charge in [-0.15, -0.1) is 0 Å².